The molecule has 0 aliphatic rings. The highest BCUT2D eigenvalue weighted by atomic mass is 79.9. The van der Waals surface area contributed by atoms with Crippen LogP contribution in [0.25, 0.3) is 0 Å². The third kappa shape index (κ3) is 6.41. The van der Waals surface area contributed by atoms with Gasteiger partial charge in [0.15, 0.2) is 0 Å². The van der Waals surface area contributed by atoms with E-state index in [0.29, 0.717) is 0 Å². The standard InChI is InChI=1S/C14H21BrN2O.ClH/c1-9(2)13(16)14(18)17-10(3)8-11-4-6-12(15)7-5-11;/h4-7,9-10,13H,8,16H2,1-3H3,(H,17,18);1H. The Morgan fingerprint density at radius 1 is 1.26 bits per heavy atom. The van der Waals surface area contributed by atoms with E-state index in [0.717, 1.165) is 10.9 Å². The van der Waals surface area contributed by atoms with Crippen molar-refractivity contribution in [3.63, 3.8) is 0 Å². The van der Waals surface area contributed by atoms with Gasteiger partial charge in [0.1, 0.15) is 0 Å². The van der Waals surface area contributed by atoms with Crippen molar-refractivity contribution in [2.75, 3.05) is 0 Å². The Labute approximate surface area is 129 Å². The average Bonchev–Trinajstić information content (AvgIpc) is 2.30. The lowest BCUT2D eigenvalue weighted by Gasteiger charge is -2.19. The van der Waals surface area contributed by atoms with Gasteiger partial charge in [0.25, 0.3) is 0 Å². The molecule has 0 spiro atoms. The molecule has 19 heavy (non-hydrogen) atoms. The quantitative estimate of drug-likeness (QED) is 0.859. The van der Waals surface area contributed by atoms with Crippen molar-refractivity contribution >= 4 is 34.2 Å². The van der Waals surface area contributed by atoms with Crippen LogP contribution in [-0.2, 0) is 11.2 Å². The minimum absolute atomic E-state index is 0. The van der Waals surface area contributed by atoms with Crippen LogP contribution in [0.5, 0.6) is 0 Å². The van der Waals surface area contributed by atoms with Gasteiger partial charge in [-0.3, -0.25) is 4.79 Å². The van der Waals surface area contributed by atoms with Crippen LogP contribution in [0.2, 0.25) is 0 Å². The fraction of sp³-hybridized carbons (Fsp3) is 0.500. The van der Waals surface area contributed by atoms with Gasteiger partial charge in [-0.15, -0.1) is 12.4 Å². The molecule has 108 valence electrons. The van der Waals surface area contributed by atoms with Crippen LogP contribution in [-0.4, -0.2) is 18.0 Å². The number of amides is 1. The van der Waals surface area contributed by atoms with Crippen LogP contribution in [0.3, 0.4) is 0 Å². The van der Waals surface area contributed by atoms with Gasteiger partial charge in [0.2, 0.25) is 5.91 Å². The maximum absolute atomic E-state index is 11.8. The number of carbonyl (C=O) groups is 1. The molecule has 0 fully saturated rings. The van der Waals surface area contributed by atoms with Gasteiger partial charge in [-0.25, -0.2) is 0 Å². The highest BCUT2D eigenvalue weighted by Crippen LogP contribution is 2.12. The number of benzene rings is 1. The molecule has 0 aliphatic heterocycles. The molecule has 1 rings (SSSR count). The van der Waals surface area contributed by atoms with E-state index in [1.54, 1.807) is 0 Å². The molecule has 3 nitrogen and oxygen atoms in total. The largest absolute Gasteiger partial charge is 0.352 e. The molecular formula is C14H22BrClN2O. The topological polar surface area (TPSA) is 55.1 Å². The summed E-state index contributed by atoms with van der Waals surface area (Å²) >= 11 is 3.40. The molecule has 0 radical (unpaired) electrons. The molecule has 0 aliphatic carbocycles. The van der Waals surface area contributed by atoms with Gasteiger partial charge in [0.05, 0.1) is 6.04 Å². The van der Waals surface area contributed by atoms with Gasteiger partial charge >= 0.3 is 0 Å². The predicted octanol–water partition coefficient (Wildman–Crippen LogP) is 2.90. The molecule has 0 aromatic heterocycles. The van der Waals surface area contributed by atoms with Crippen LogP contribution >= 0.6 is 28.3 Å². The van der Waals surface area contributed by atoms with Gasteiger partial charge in [0, 0.05) is 10.5 Å². The number of halogens is 2. The molecule has 0 bridgehead atoms. The molecular weight excluding hydrogens is 328 g/mol. The summed E-state index contributed by atoms with van der Waals surface area (Å²) in [4.78, 5) is 11.8. The van der Waals surface area contributed by atoms with Crippen LogP contribution in [0.15, 0.2) is 28.7 Å². The first-order valence-corrected chi connectivity index (χ1v) is 7.00. The first-order valence-electron chi connectivity index (χ1n) is 6.20. The van der Waals surface area contributed by atoms with Crippen LogP contribution in [0.4, 0.5) is 0 Å². The zero-order valence-electron chi connectivity index (χ0n) is 11.5. The van der Waals surface area contributed by atoms with Gasteiger partial charge in [-0.2, -0.15) is 0 Å². The lowest BCUT2D eigenvalue weighted by molar-refractivity contribution is -0.123. The molecule has 0 saturated heterocycles. The summed E-state index contributed by atoms with van der Waals surface area (Å²) in [5.41, 5.74) is 7.00. The highest BCUT2D eigenvalue weighted by molar-refractivity contribution is 9.10. The van der Waals surface area contributed by atoms with Crippen molar-refractivity contribution < 1.29 is 4.79 Å². The third-order valence-corrected chi connectivity index (χ3v) is 3.39. The lowest BCUT2D eigenvalue weighted by atomic mass is 10.0. The van der Waals surface area contributed by atoms with E-state index in [4.69, 9.17) is 5.73 Å². The number of hydrogen-bond acceptors (Lipinski definition) is 2. The first-order chi connectivity index (χ1) is 8.40. The normalized spacial score (nSPS) is 13.6. The van der Waals surface area contributed by atoms with Gasteiger partial charge < -0.3 is 11.1 Å². The van der Waals surface area contributed by atoms with Crippen molar-refractivity contribution in [2.45, 2.75) is 39.3 Å². The zero-order valence-corrected chi connectivity index (χ0v) is 13.9. The number of carbonyl (C=O) groups excluding carboxylic acids is 1. The van der Waals surface area contributed by atoms with E-state index in [9.17, 15) is 4.79 Å². The summed E-state index contributed by atoms with van der Waals surface area (Å²) in [6, 6.07) is 7.76. The Morgan fingerprint density at radius 2 is 1.79 bits per heavy atom. The number of hydrogen-bond donors (Lipinski definition) is 2. The molecule has 1 aromatic carbocycles. The number of nitrogens with two attached hydrogens (primary N) is 1. The Hall–Kier alpha value is -0.580. The first kappa shape index (κ1) is 18.4. The summed E-state index contributed by atoms with van der Waals surface area (Å²) in [6.07, 6.45) is 0.809. The van der Waals surface area contributed by atoms with E-state index in [1.165, 1.54) is 5.56 Å². The second-order valence-corrected chi connectivity index (χ2v) is 5.93. The smallest absolute Gasteiger partial charge is 0.237 e. The van der Waals surface area contributed by atoms with Crippen LogP contribution in [0.1, 0.15) is 26.3 Å². The Morgan fingerprint density at radius 3 is 2.26 bits per heavy atom. The van der Waals surface area contributed by atoms with Crippen LogP contribution in [0, 0.1) is 5.92 Å². The molecule has 1 aromatic rings. The minimum Gasteiger partial charge on any atom is -0.352 e. The monoisotopic (exact) mass is 348 g/mol. The molecule has 0 heterocycles. The van der Waals surface area contributed by atoms with E-state index in [-0.39, 0.29) is 30.3 Å². The third-order valence-electron chi connectivity index (χ3n) is 2.86. The van der Waals surface area contributed by atoms with Gasteiger partial charge in [-0.1, -0.05) is 41.9 Å². The SMILES string of the molecule is CC(Cc1ccc(Br)cc1)NC(=O)C(N)C(C)C.Cl. The second-order valence-electron chi connectivity index (χ2n) is 5.01. The Kier molecular flexibility index (Phi) is 8.30. The average molecular weight is 350 g/mol. The summed E-state index contributed by atoms with van der Waals surface area (Å²) in [5, 5.41) is 2.95. The Bertz CT molecular complexity index is 395. The Balaban J connectivity index is 0.00000324. The molecule has 0 saturated carbocycles. The van der Waals surface area contributed by atoms with E-state index >= 15 is 0 Å². The van der Waals surface area contributed by atoms with Crippen molar-refractivity contribution in [3.8, 4) is 0 Å². The van der Waals surface area contributed by atoms with Crippen LogP contribution < -0.4 is 11.1 Å². The lowest BCUT2D eigenvalue weighted by Crippen LogP contribution is -2.47. The molecule has 5 heteroatoms. The second kappa shape index (κ2) is 8.56. The predicted molar refractivity (Wildman–Crippen MR) is 85.5 cm³/mol. The maximum Gasteiger partial charge on any atom is 0.237 e. The van der Waals surface area contributed by atoms with Gasteiger partial charge in [-0.05, 0) is 37.0 Å². The van der Waals surface area contributed by atoms with Crippen molar-refractivity contribution in [1.29, 1.82) is 0 Å². The fourth-order valence-corrected chi connectivity index (χ4v) is 1.93. The molecule has 2 atom stereocenters. The molecule has 2 unspecified atom stereocenters. The summed E-state index contributed by atoms with van der Waals surface area (Å²) in [7, 11) is 0. The van der Waals surface area contributed by atoms with Crippen molar-refractivity contribution in [2.24, 2.45) is 11.7 Å². The fourth-order valence-electron chi connectivity index (χ4n) is 1.67. The number of rotatable bonds is 5. The zero-order chi connectivity index (χ0) is 13.7. The van der Waals surface area contributed by atoms with Crippen molar-refractivity contribution in [3.05, 3.63) is 34.3 Å². The summed E-state index contributed by atoms with van der Waals surface area (Å²) in [5.74, 6) is 0.0829. The van der Waals surface area contributed by atoms with E-state index in [1.807, 2.05) is 32.9 Å². The molecule has 1 amide bonds. The molecule has 3 N–H and O–H groups in total. The van der Waals surface area contributed by atoms with Crippen molar-refractivity contribution in [1.82, 2.24) is 5.32 Å². The summed E-state index contributed by atoms with van der Waals surface area (Å²) in [6.45, 7) is 5.89. The van der Waals surface area contributed by atoms with E-state index < -0.39 is 6.04 Å². The number of nitrogens with one attached hydrogen (secondary N) is 1. The van der Waals surface area contributed by atoms with E-state index in [2.05, 4.69) is 33.4 Å². The minimum atomic E-state index is -0.433. The maximum atomic E-state index is 11.8. The summed E-state index contributed by atoms with van der Waals surface area (Å²) < 4.78 is 1.06. The highest BCUT2D eigenvalue weighted by Gasteiger charge is 2.18.